The third-order valence-electron chi connectivity index (χ3n) is 3.86. The highest BCUT2D eigenvalue weighted by molar-refractivity contribution is 6.73. The van der Waals surface area contributed by atoms with Gasteiger partial charge in [0.15, 0.2) is 8.32 Å². The second-order valence-corrected chi connectivity index (χ2v) is 11.0. The van der Waals surface area contributed by atoms with Crippen molar-refractivity contribution in [2.24, 2.45) is 5.41 Å². The van der Waals surface area contributed by atoms with E-state index >= 15 is 0 Å². The van der Waals surface area contributed by atoms with Crippen LogP contribution >= 0.6 is 0 Å². The molecule has 0 rings (SSSR count). The summed E-state index contributed by atoms with van der Waals surface area (Å²) >= 11 is 0. The molecule has 0 N–H and O–H groups in total. The van der Waals surface area contributed by atoms with Crippen molar-refractivity contribution in [1.82, 2.24) is 0 Å². The Morgan fingerprint density at radius 3 is 1.95 bits per heavy atom. The Hall–Kier alpha value is -0.613. The average Bonchev–Trinajstić information content (AvgIpc) is 2.39. The van der Waals surface area contributed by atoms with Gasteiger partial charge < -0.3 is 9.16 Å². The lowest BCUT2D eigenvalue weighted by molar-refractivity contribution is -0.137. The number of rotatable bonds is 8. The molecule has 0 aliphatic rings. The molecule has 4 heteroatoms. The van der Waals surface area contributed by atoms with Crippen LogP contribution in [0.5, 0.6) is 0 Å². The SMILES string of the molecule is CCOC(=O)/C=C/C(O[Si](CC)(CC)CC)C(C)(C)C. The summed E-state index contributed by atoms with van der Waals surface area (Å²) < 4.78 is 11.5. The van der Waals surface area contributed by atoms with E-state index in [1.165, 1.54) is 6.08 Å². The van der Waals surface area contributed by atoms with Gasteiger partial charge in [-0.2, -0.15) is 0 Å². The first-order chi connectivity index (χ1) is 9.24. The molecule has 0 heterocycles. The average molecular weight is 301 g/mol. The Kier molecular flexibility index (Phi) is 8.36. The van der Waals surface area contributed by atoms with Crippen molar-refractivity contribution in [3.8, 4) is 0 Å². The van der Waals surface area contributed by atoms with Crippen molar-refractivity contribution in [1.29, 1.82) is 0 Å². The van der Waals surface area contributed by atoms with E-state index in [2.05, 4.69) is 41.5 Å². The molecule has 0 aliphatic carbocycles. The largest absolute Gasteiger partial charge is 0.463 e. The molecular formula is C16H32O3Si. The summed E-state index contributed by atoms with van der Waals surface area (Å²) in [4.78, 5) is 11.5. The van der Waals surface area contributed by atoms with Gasteiger partial charge in [0.1, 0.15) is 0 Å². The van der Waals surface area contributed by atoms with E-state index in [1.54, 1.807) is 0 Å². The zero-order valence-electron chi connectivity index (χ0n) is 14.3. The van der Waals surface area contributed by atoms with Crippen LogP contribution in [0.3, 0.4) is 0 Å². The van der Waals surface area contributed by atoms with Gasteiger partial charge in [-0.25, -0.2) is 4.79 Å². The second-order valence-electron chi connectivity index (χ2n) is 6.26. The number of carbonyl (C=O) groups excluding carboxylic acids is 1. The molecule has 0 aromatic heterocycles. The maximum atomic E-state index is 11.5. The first-order valence-corrected chi connectivity index (χ1v) is 10.3. The van der Waals surface area contributed by atoms with Crippen molar-refractivity contribution in [2.45, 2.75) is 72.7 Å². The van der Waals surface area contributed by atoms with Gasteiger partial charge in [-0.15, -0.1) is 0 Å². The number of hydrogen-bond acceptors (Lipinski definition) is 3. The summed E-state index contributed by atoms with van der Waals surface area (Å²) in [5.41, 5.74) is -0.0270. The van der Waals surface area contributed by atoms with Crippen LogP contribution in [0.2, 0.25) is 18.1 Å². The monoisotopic (exact) mass is 300 g/mol. The second kappa shape index (κ2) is 8.62. The normalized spacial score (nSPS) is 14.6. The van der Waals surface area contributed by atoms with Crippen LogP contribution in [-0.4, -0.2) is 27.0 Å². The van der Waals surface area contributed by atoms with Crippen LogP contribution in [0.1, 0.15) is 48.5 Å². The van der Waals surface area contributed by atoms with E-state index in [0.29, 0.717) is 6.61 Å². The van der Waals surface area contributed by atoms with Gasteiger partial charge in [-0.1, -0.05) is 41.5 Å². The van der Waals surface area contributed by atoms with Crippen molar-refractivity contribution in [3.63, 3.8) is 0 Å². The van der Waals surface area contributed by atoms with Crippen molar-refractivity contribution < 1.29 is 14.0 Å². The maximum absolute atomic E-state index is 11.5. The first-order valence-electron chi connectivity index (χ1n) is 7.77. The van der Waals surface area contributed by atoms with E-state index < -0.39 is 8.32 Å². The van der Waals surface area contributed by atoms with Crippen molar-refractivity contribution in [3.05, 3.63) is 12.2 Å². The third-order valence-corrected chi connectivity index (χ3v) is 8.48. The van der Waals surface area contributed by atoms with E-state index in [0.717, 1.165) is 18.1 Å². The first kappa shape index (κ1) is 19.4. The molecule has 1 atom stereocenters. The van der Waals surface area contributed by atoms with E-state index in [1.807, 2.05) is 13.0 Å². The molecule has 20 heavy (non-hydrogen) atoms. The molecule has 0 aromatic rings. The van der Waals surface area contributed by atoms with Crippen molar-refractivity contribution in [2.75, 3.05) is 6.61 Å². The molecule has 0 bridgehead atoms. The van der Waals surface area contributed by atoms with Gasteiger partial charge in [0.2, 0.25) is 0 Å². The van der Waals surface area contributed by atoms with Gasteiger partial charge in [-0.3, -0.25) is 0 Å². The van der Waals surface area contributed by atoms with Gasteiger partial charge in [-0.05, 0) is 36.5 Å². The number of esters is 1. The molecule has 3 nitrogen and oxygen atoms in total. The highest BCUT2D eigenvalue weighted by atomic mass is 28.4. The van der Waals surface area contributed by atoms with Gasteiger partial charge in [0, 0.05) is 6.08 Å². The fourth-order valence-electron chi connectivity index (χ4n) is 2.13. The van der Waals surface area contributed by atoms with Gasteiger partial charge >= 0.3 is 5.97 Å². The van der Waals surface area contributed by atoms with E-state index in [-0.39, 0.29) is 17.5 Å². The zero-order chi connectivity index (χ0) is 15.8. The predicted octanol–water partition coefficient (Wildman–Crippen LogP) is 4.54. The smallest absolute Gasteiger partial charge is 0.330 e. The lowest BCUT2D eigenvalue weighted by Crippen LogP contribution is -2.43. The van der Waals surface area contributed by atoms with Crippen LogP contribution in [0.25, 0.3) is 0 Å². The molecule has 0 aromatic carbocycles. The third kappa shape index (κ3) is 6.22. The fourth-order valence-corrected chi connectivity index (χ4v) is 5.10. The maximum Gasteiger partial charge on any atom is 0.330 e. The fraction of sp³-hybridized carbons (Fsp3) is 0.812. The number of ether oxygens (including phenoxy) is 1. The quantitative estimate of drug-likeness (QED) is 0.375. The molecule has 0 saturated carbocycles. The van der Waals surface area contributed by atoms with Crippen LogP contribution in [0.15, 0.2) is 12.2 Å². The summed E-state index contributed by atoms with van der Waals surface area (Å²) in [5.74, 6) is -0.290. The summed E-state index contributed by atoms with van der Waals surface area (Å²) in [5, 5.41) is 0. The topological polar surface area (TPSA) is 35.5 Å². The minimum atomic E-state index is -1.68. The number of carbonyl (C=O) groups is 1. The summed E-state index contributed by atoms with van der Waals surface area (Å²) in [7, 11) is -1.68. The Morgan fingerprint density at radius 1 is 1.10 bits per heavy atom. The molecular weight excluding hydrogens is 268 g/mol. The molecule has 0 amide bonds. The Balaban J connectivity index is 5.04. The molecule has 0 radical (unpaired) electrons. The molecule has 0 fully saturated rings. The molecule has 0 saturated heterocycles. The summed E-state index contributed by atoms with van der Waals surface area (Å²) in [6, 6.07) is 3.33. The molecule has 0 aliphatic heterocycles. The minimum absolute atomic E-state index is 0.0270. The zero-order valence-corrected chi connectivity index (χ0v) is 15.3. The predicted molar refractivity (Wildman–Crippen MR) is 87.3 cm³/mol. The lowest BCUT2D eigenvalue weighted by Gasteiger charge is -2.38. The van der Waals surface area contributed by atoms with Crippen molar-refractivity contribution >= 4 is 14.3 Å². The lowest BCUT2D eigenvalue weighted by atomic mass is 9.89. The Morgan fingerprint density at radius 2 is 1.60 bits per heavy atom. The highest BCUT2D eigenvalue weighted by Crippen LogP contribution is 2.31. The van der Waals surface area contributed by atoms with Crippen LogP contribution < -0.4 is 0 Å². The standard InChI is InChI=1S/C16H32O3Si/c1-8-18-15(17)13-12-14(16(5,6)7)19-20(9-2,10-3)11-4/h12-14H,8-11H2,1-7H3/b13-12+. The highest BCUT2D eigenvalue weighted by Gasteiger charge is 2.35. The van der Waals surface area contributed by atoms with E-state index in [9.17, 15) is 4.79 Å². The van der Waals surface area contributed by atoms with Gasteiger partial charge in [0.25, 0.3) is 0 Å². The minimum Gasteiger partial charge on any atom is -0.463 e. The van der Waals surface area contributed by atoms with Crippen LogP contribution in [0, 0.1) is 5.41 Å². The van der Waals surface area contributed by atoms with E-state index in [4.69, 9.17) is 9.16 Å². The number of hydrogen-bond donors (Lipinski definition) is 0. The Bertz CT molecular complexity index is 306. The Labute approximate surface area is 125 Å². The molecule has 118 valence electrons. The molecule has 0 spiro atoms. The van der Waals surface area contributed by atoms with Crippen LogP contribution in [-0.2, 0) is 14.0 Å². The summed E-state index contributed by atoms with van der Waals surface area (Å²) in [6.45, 7) is 15.3. The summed E-state index contributed by atoms with van der Waals surface area (Å²) in [6.07, 6.45) is 3.35. The van der Waals surface area contributed by atoms with Crippen LogP contribution in [0.4, 0.5) is 0 Å². The molecule has 1 unspecified atom stereocenters. The van der Waals surface area contributed by atoms with Gasteiger partial charge in [0.05, 0.1) is 12.7 Å².